The monoisotopic (exact) mass is 413 g/mol. The van der Waals surface area contributed by atoms with Crippen molar-refractivity contribution in [2.24, 2.45) is 5.92 Å². The predicted octanol–water partition coefficient (Wildman–Crippen LogP) is 2.44. The van der Waals surface area contributed by atoms with Crippen LogP contribution in [0.2, 0.25) is 5.02 Å². The lowest BCUT2D eigenvalue weighted by Gasteiger charge is -2.40. The van der Waals surface area contributed by atoms with E-state index in [2.05, 4.69) is 10.1 Å². The lowest BCUT2D eigenvalue weighted by atomic mass is 9.66. The zero-order chi connectivity index (χ0) is 20.8. The first-order valence-corrected chi connectivity index (χ1v) is 9.52. The molecule has 2 heterocycles. The molecule has 0 aliphatic heterocycles. The fourth-order valence-corrected chi connectivity index (χ4v) is 4.37. The minimum Gasteiger partial charge on any atom is -0.469 e. The van der Waals surface area contributed by atoms with Crippen LogP contribution in [0, 0.1) is 5.92 Å². The van der Waals surface area contributed by atoms with E-state index in [-0.39, 0.29) is 12.0 Å². The number of halogens is 1. The molecule has 29 heavy (non-hydrogen) atoms. The van der Waals surface area contributed by atoms with E-state index in [9.17, 15) is 14.7 Å². The van der Waals surface area contributed by atoms with Gasteiger partial charge in [0.15, 0.2) is 5.82 Å². The number of nitrogens with zero attached hydrogens (tertiary/aromatic N) is 2. The molecular formula is C21H20ClN3O4. The SMILES string of the molecule is COC(=O)C1C(c2cccc(Cl)c2)c2c([nH]n(-c3ccccn3)c2=O)CC1(C)O. The zero-order valence-corrected chi connectivity index (χ0v) is 16.7. The summed E-state index contributed by atoms with van der Waals surface area (Å²) in [7, 11) is 1.27. The van der Waals surface area contributed by atoms with E-state index in [0.717, 1.165) is 0 Å². The standard InChI is InChI=1S/C21H20ClN3O4/c1-21(28)11-14-17(19(26)25(24-14)15-8-3-4-9-23-15)16(18(21)20(27)29-2)12-6-5-7-13(22)10-12/h3-10,16,18,24,28H,11H2,1-2H3. The van der Waals surface area contributed by atoms with Crippen LogP contribution < -0.4 is 5.56 Å². The number of aromatic amines is 1. The highest BCUT2D eigenvalue weighted by Gasteiger charge is 2.51. The van der Waals surface area contributed by atoms with Gasteiger partial charge in [-0.1, -0.05) is 29.8 Å². The Labute approximate surface area is 171 Å². The molecule has 0 amide bonds. The van der Waals surface area contributed by atoms with E-state index in [1.807, 2.05) is 0 Å². The molecule has 3 aromatic rings. The Morgan fingerprint density at radius 3 is 2.79 bits per heavy atom. The summed E-state index contributed by atoms with van der Waals surface area (Å²) < 4.78 is 6.32. The molecule has 3 atom stereocenters. The Balaban J connectivity index is 1.99. The van der Waals surface area contributed by atoms with Crippen LogP contribution >= 0.6 is 11.6 Å². The predicted molar refractivity (Wildman–Crippen MR) is 107 cm³/mol. The molecule has 2 aromatic heterocycles. The number of methoxy groups -OCH3 is 1. The fourth-order valence-electron chi connectivity index (χ4n) is 4.17. The van der Waals surface area contributed by atoms with E-state index < -0.39 is 23.4 Å². The van der Waals surface area contributed by atoms with Crippen LogP contribution in [-0.2, 0) is 16.0 Å². The third-order valence-electron chi connectivity index (χ3n) is 5.40. The minimum atomic E-state index is -1.44. The maximum Gasteiger partial charge on any atom is 0.312 e. The van der Waals surface area contributed by atoms with Crippen molar-refractivity contribution in [2.45, 2.75) is 24.9 Å². The summed E-state index contributed by atoms with van der Waals surface area (Å²) >= 11 is 6.18. The van der Waals surface area contributed by atoms with Crippen molar-refractivity contribution >= 4 is 17.6 Å². The van der Waals surface area contributed by atoms with Crippen LogP contribution in [0.25, 0.3) is 5.82 Å². The quantitative estimate of drug-likeness (QED) is 0.643. The van der Waals surface area contributed by atoms with Crippen LogP contribution in [-0.4, -0.2) is 38.6 Å². The van der Waals surface area contributed by atoms with Crippen molar-refractivity contribution in [3.05, 3.63) is 80.9 Å². The highest BCUT2D eigenvalue weighted by molar-refractivity contribution is 6.30. The number of hydrogen-bond donors (Lipinski definition) is 2. The lowest BCUT2D eigenvalue weighted by molar-refractivity contribution is -0.156. The van der Waals surface area contributed by atoms with Crippen LogP contribution in [0.3, 0.4) is 0 Å². The Morgan fingerprint density at radius 2 is 2.14 bits per heavy atom. The van der Waals surface area contributed by atoms with Crippen LogP contribution in [0.15, 0.2) is 53.5 Å². The Hall–Kier alpha value is -2.90. The molecule has 0 saturated heterocycles. The van der Waals surface area contributed by atoms with Crippen molar-refractivity contribution in [2.75, 3.05) is 7.11 Å². The molecule has 0 fully saturated rings. The Morgan fingerprint density at radius 1 is 1.34 bits per heavy atom. The first-order valence-electron chi connectivity index (χ1n) is 9.14. The summed E-state index contributed by atoms with van der Waals surface area (Å²) in [5, 5.41) is 14.7. The number of fused-ring (bicyclic) bond motifs is 1. The van der Waals surface area contributed by atoms with E-state index in [1.165, 1.54) is 11.8 Å². The minimum absolute atomic E-state index is 0.0915. The molecule has 3 unspecified atom stereocenters. The highest BCUT2D eigenvalue weighted by atomic mass is 35.5. The second-order valence-electron chi connectivity index (χ2n) is 7.40. The van der Waals surface area contributed by atoms with Crippen molar-refractivity contribution in [1.82, 2.24) is 14.8 Å². The number of H-pyrrole nitrogens is 1. The zero-order valence-electron chi connectivity index (χ0n) is 15.9. The molecule has 1 aliphatic carbocycles. The molecule has 0 radical (unpaired) electrons. The van der Waals surface area contributed by atoms with Gasteiger partial charge in [0.25, 0.3) is 5.56 Å². The van der Waals surface area contributed by atoms with Crippen LogP contribution in [0.1, 0.15) is 29.7 Å². The molecule has 0 spiro atoms. The van der Waals surface area contributed by atoms with E-state index in [1.54, 1.807) is 55.6 Å². The maximum absolute atomic E-state index is 13.4. The highest BCUT2D eigenvalue weighted by Crippen LogP contribution is 2.45. The second kappa shape index (κ2) is 7.17. The number of aliphatic hydroxyl groups is 1. The number of esters is 1. The van der Waals surface area contributed by atoms with E-state index in [4.69, 9.17) is 16.3 Å². The Bertz CT molecular complexity index is 1120. The number of aromatic nitrogens is 3. The number of rotatable bonds is 3. The first kappa shape index (κ1) is 19.4. The number of carbonyl (C=O) groups excluding carboxylic acids is 1. The van der Waals surface area contributed by atoms with Crippen LogP contribution in [0.5, 0.6) is 0 Å². The molecule has 150 valence electrons. The molecule has 2 N–H and O–H groups in total. The summed E-state index contributed by atoms with van der Waals surface area (Å²) in [5.74, 6) is -1.87. The van der Waals surface area contributed by atoms with Crippen molar-refractivity contribution in [1.29, 1.82) is 0 Å². The van der Waals surface area contributed by atoms with Gasteiger partial charge in [-0.2, -0.15) is 0 Å². The molecule has 4 rings (SSSR count). The average molecular weight is 414 g/mol. The third-order valence-corrected chi connectivity index (χ3v) is 5.63. The lowest BCUT2D eigenvalue weighted by Crippen LogP contribution is -2.50. The summed E-state index contributed by atoms with van der Waals surface area (Å²) in [6, 6.07) is 12.2. The average Bonchev–Trinajstić information content (AvgIpc) is 3.01. The van der Waals surface area contributed by atoms with Gasteiger partial charge in [0.2, 0.25) is 0 Å². The second-order valence-corrected chi connectivity index (χ2v) is 7.84. The van der Waals surface area contributed by atoms with Gasteiger partial charge < -0.3 is 9.84 Å². The number of benzene rings is 1. The summed E-state index contributed by atoms with van der Waals surface area (Å²) in [5.41, 5.74) is -0.158. The van der Waals surface area contributed by atoms with Gasteiger partial charge in [-0.25, -0.2) is 9.67 Å². The topological polar surface area (TPSA) is 97.2 Å². The summed E-state index contributed by atoms with van der Waals surface area (Å²) in [6.45, 7) is 1.57. The third kappa shape index (κ3) is 3.26. The maximum atomic E-state index is 13.4. The first-order chi connectivity index (χ1) is 13.8. The van der Waals surface area contributed by atoms with Crippen molar-refractivity contribution in [3.8, 4) is 5.82 Å². The molecule has 1 aromatic carbocycles. The smallest absolute Gasteiger partial charge is 0.312 e. The van der Waals surface area contributed by atoms with Gasteiger partial charge in [-0.3, -0.25) is 14.7 Å². The summed E-state index contributed by atoms with van der Waals surface area (Å²) in [6.07, 6.45) is 1.68. The fraction of sp³-hybridized carbons (Fsp3) is 0.286. The van der Waals surface area contributed by atoms with Gasteiger partial charge >= 0.3 is 5.97 Å². The van der Waals surface area contributed by atoms with Crippen molar-refractivity contribution in [3.63, 3.8) is 0 Å². The van der Waals surface area contributed by atoms with Gasteiger partial charge in [0.05, 0.1) is 18.6 Å². The number of pyridine rings is 1. The van der Waals surface area contributed by atoms with E-state index in [0.29, 0.717) is 27.7 Å². The largest absolute Gasteiger partial charge is 0.469 e. The van der Waals surface area contributed by atoms with Crippen molar-refractivity contribution < 1.29 is 14.6 Å². The van der Waals surface area contributed by atoms with E-state index >= 15 is 0 Å². The number of ether oxygens (including phenoxy) is 1. The molecule has 0 saturated carbocycles. The van der Waals surface area contributed by atoms with Gasteiger partial charge in [-0.05, 0) is 36.8 Å². The Kier molecular flexibility index (Phi) is 4.80. The molecule has 7 nitrogen and oxygen atoms in total. The van der Waals surface area contributed by atoms with Gasteiger partial charge in [0.1, 0.15) is 0 Å². The normalized spacial score (nSPS) is 23.4. The van der Waals surface area contributed by atoms with Crippen LogP contribution in [0.4, 0.5) is 0 Å². The van der Waals surface area contributed by atoms with Gasteiger partial charge in [0, 0.05) is 34.8 Å². The summed E-state index contributed by atoms with van der Waals surface area (Å²) in [4.78, 5) is 30.3. The molecule has 8 heteroatoms. The van der Waals surface area contributed by atoms with Gasteiger partial charge in [-0.15, -0.1) is 0 Å². The molecular weight excluding hydrogens is 394 g/mol. The molecule has 0 bridgehead atoms. The number of nitrogens with one attached hydrogen (secondary N) is 1. The molecule has 1 aliphatic rings. The number of hydrogen-bond acceptors (Lipinski definition) is 5. The number of carbonyl (C=O) groups is 1.